The largest absolute Gasteiger partial charge is 0.491 e. The maximum atomic E-state index is 6.83. The predicted octanol–water partition coefficient (Wildman–Crippen LogP) is 8.31. The van der Waals surface area contributed by atoms with Crippen LogP contribution in [0.4, 0.5) is 0 Å². The molecule has 2 aromatic rings. The molecule has 0 saturated heterocycles. The number of fused-ring (bicyclic) bond motifs is 1. The van der Waals surface area contributed by atoms with E-state index in [1.54, 1.807) is 12.5 Å². The highest BCUT2D eigenvalue weighted by Gasteiger charge is 2.56. The zero-order valence-corrected chi connectivity index (χ0v) is 27.1. The fraction of sp³-hybridized carbons (Fsp3) is 0.650. The van der Waals surface area contributed by atoms with Crippen LogP contribution in [0.15, 0.2) is 48.3 Å². The zero-order chi connectivity index (χ0) is 30.3. The highest BCUT2D eigenvalue weighted by molar-refractivity contribution is 5.95. The standard InChI is InChI=1S/C40H48O6/c1-3-34(43-7-5-41-21-32-23-45-32)37(39-15-25-9-26(16-39)11-27(10-25)17-39)36-31(1)2-4-35(44-8-6-42-22-33-24-46-33)38(36)40-18-28-12-29(19-40)14-30(13-28)20-40/h1-4,23-30H,5-22H2. The average molecular weight is 625 g/mol. The van der Waals surface area contributed by atoms with E-state index in [9.17, 15) is 0 Å². The minimum Gasteiger partial charge on any atom is -0.491 e. The Morgan fingerprint density at radius 2 is 0.891 bits per heavy atom. The number of ether oxygens (including phenoxy) is 6. The summed E-state index contributed by atoms with van der Waals surface area (Å²) in [5, 5.41) is 2.87. The first-order valence-corrected chi connectivity index (χ1v) is 18.3. The van der Waals surface area contributed by atoms with E-state index in [1.165, 1.54) is 98.9 Å². The van der Waals surface area contributed by atoms with Crippen molar-refractivity contribution in [1.82, 2.24) is 0 Å². The van der Waals surface area contributed by atoms with Gasteiger partial charge in [0.2, 0.25) is 0 Å². The van der Waals surface area contributed by atoms with Crippen LogP contribution < -0.4 is 9.47 Å². The Labute approximate surface area is 272 Å². The van der Waals surface area contributed by atoms with Gasteiger partial charge in [-0.15, -0.1) is 0 Å². The molecule has 2 heterocycles. The van der Waals surface area contributed by atoms with Gasteiger partial charge in [-0.05, 0) is 135 Å². The molecule has 10 aliphatic rings. The SMILES string of the molecule is C1=C(COCCOc2ccc3ccc(OCCOCC4=CO4)c(C45CC6CC(CC(C6)C4)C5)c3c2C23CC4CC(CC(C4)C2)C3)O1. The maximum Gasteiger partial charge on any atom is 0.164 e. The van der Waals surface area contributed by atoms with Crippen LogP contribution in [0.25, 0.3) is 10.8 Å². The summed E-state index contributed by atoms with van der Waals surface area (Å²) in [5.41, 5.74) is 3.44. The third kappa shape index (κ3) is 5.05. The monoisotopic (exact) mass is 624 g/mol. The van der Waals surface area contributed by atoms with Crippen LogP contribution in [0.1, 0.15) is 88.2 Å². The average Bonchev–Trinajstić information content (AvgIpc) is 3.95. The fourth-order valence-corrected chi connectivity index (χ4v) is 12.5. The molecule has 0 aromatic heterocycles. The Morgan fingerprint density at radius 1 is 0.522 bits per heavy atom. The third-order valence-corrected chi connectivity index (χ3v) is 13.3. The van der Waals surface area contributed by atoms with Crippen LogP contribution in [0.2, 0.25) is 0 Å². The second kappa shape index (κ2) is 10.9. The molecule has 0 amide bonds. The molecule has 8 aliphatic carbocycles. The van der Waals surface area contributed by atoms with Crippen LogP contribution in [-0.4, -0.2) is 39.6 Å². The Kier molecular flexibility index (Phi) is 6.72. The normalized spacial score (nSPS) is 37.1. The summed E-state index contributed by atoms with van der Waals surface area (Å²) in [6.07, 6.45) is 20.0. The zero-order valence-electron chi connectivity index (χ0n) is 27.1. The van der Waals surface area contributed by atoms with Gasteiger partial charge in [0.1, 0.15) is 50.5 Å². The van der Waals surface area contributed by atoms with E-state index < -0.39 is 0 Å². The van der Waals surface area contributed by atoms with Crippen LogP contribution in [0, 0.1) is 35.5 Å². The van der Waals surface area contributed by atoms with E-state index >= 15 is 0 Å². The highest BCUT2D eigenvalue weighted by atomic mass is 16.6. The van der Waals surface area contributed by atoms with Gasteiger partial charge in [0, 0.05) is 22.0 Å². The van der Waals surface area contributed by atoms with Gasteiger partial charge in [0.15, 0.2) is 11.5 Å². The number of hydrogen-bond donors (Lipinski definition) is 0. The van der Waals surface area contributed by atoms with E-state index in [1.807, 2.05) is 0 Å². The van der Waals surface area contributed by atoms with Gasteiger partial charge >= 0.3 is 0 Å². The van der Waals surface area contributed by atoms with Crippen molar-refractivity contribution in [2.75, 3.05) is 39.6 Å². The summed E-state index contributed by atoms with van der Waals surface area (Å²) in [7, 11) is 0. The first kappa shape index (κ1) is 28.3. The Bertz CT molecular complexity index is 1400. The lowest BCUT2D eigenvalue weighted by atomic mass is 9.46. The summed E-state index contributed by atoms with van der Waals surface area (Å²) in [4.78, 5) is 0. The van der Waals surface area contributed by atoms with Crippen molar-refractivity contribution in [2.24, 2.45) is 35.5 Å². The molecular weight excluding hydrogens is 576 g/mol. The minimum atomic E-state index is 0.188. The molecule has 6 heteroatoms. The van der Waals surface area contributed by atoms with Crippen LogP contribution in [-0.2, 0) is 29.8 Å². The summed E-state index contributed by atoms with van der Waals surface area (Å²) < 4.78 is 35.7. The van der Waals surface area contributed by atoms with Gasteiger partial charge in [0.05, 0.1) is 13.2 Å². The van der Waals surface area contributed by atoms with E-state index in [0.29, 0.717) is 39.6 Å². The minimum absolute atomic E-state index is 0.188. The molecular formula is C40H48O6. The quantitative estimate of drug-likeness (QED) is 0.197. The number of hydrogen-bond acceptors (Lipinski definition) is 6. The van der Waals surface area contributed by atoms with Crippen molar-refractivity contribution in [3.8, 4) is 11.5 Å². The summed E-state index contributed by atoms with van der Waals surface area (Å²) >= 11 is 0. The van der Waals surface area contributed by atoms with Crippen molar-refractivity contribution in [3.63, 3.8) is 0 Å². The van der Waals surface area contributed by atoms with Gasteiger partial charge in [-0.3, -0.25) is 0 Å². The number of rotatable bonds is 14. The molecule has 0 atom stereocenters. The molecule has 2 aliphatic heterocycles. The second-order valence-electron chi connectivity index (χ2n) is 16.6. The molecule has 8 bridgehead atoms. The van der Waals surface area contributed by atoms with Crippen molar-refractivity contribution >= 4 is 10.8 Å². The van der Waals surface area contributed by atoms with Gasteiger partial charge in [-0.25, -0.2) is 0 Å². The molecule has 46 heavy (non-hydrogen) atoms. The van der Waals surface area contributed by atoms with Crippen molar-refractivity contribution < 1.29 is 28.4 Å². The maximum absolute atomic E-state index is 6.83. The van der Waals surface area contributed by atoms with E-state index in [0.717, 1.165) is 58.5 Å². The van der Waals surface area contributed by atoms with Crippen LogP contribution >= 0.6 is 0 Å². The molecule has 8 saturated carbocycles. The molecule has 0 unspecified atom stereocenters. The smallest absolute Gasteiger partial charge is 0.164 e. The fourth-order valence-electron chi connectivity index (χ4n) is 12.5. The summed E-state index contributed by atoms with van der Waals surface area (Å²) in [6, 6.07) is 9.29. The van der Waals surface area contributed by atoms with Crippen molar-refractivity contribution in [2.45, 2.75) is 87.9 Å². The van der Waals surface area contributed by atoms with E-state index in [2.05, 4.69) is 24.3 Å². The van der Waals surface area contributed by atoms with Crippen LogP contribution in [0.5, 0.6) is 11.5 Å². The van der Waals surface area contributed by atoms with Crippen molar-refractivity contribution in [1.29, 1.82) is 0 Å². The topological polar surface area (TPSA) is 62.0 Å². The second-order valence-corrected chi connectivity index (χ2v) is 16.6. The lowest BCUT2D eigenvalue weighted by Crippen LogP contribution is -2.50. The Morgan fingerprint density at radius 3 is 1.24 bits per heavy atom. The molecule has 12 rings (SSSR count). The molecule has 6 nitrogen and oxygen atoms in total. The summed E-state index contributed by atoms with van der Waals surface area (Å²) in [6.45, 7) is 3.30. The van der Waals surface area contributed by atoms with Gasteiger partial charge < -0.3 is 28.4 Å². The lowest BCUT2D eigenvalue weighted by molar-refractivity contribution is -0.00837. The Hall–Kier alpha value is -2.70. The van der Waals surface area contributed by atoms with E-state index in [4.69, 9.17) is 28.4 Å². The lowest BCUT2D eigenvalue weighted by Gasteiger charge is -2.59. The van der Waals surface area contributed by atoms with Gasteiger partial charge in [-0.2, -0.15) is 0 Å². The Balaban J connectivity index is 1.09. The van der Waals surface area contributed by atoms with E-state index in [-0.39, 0.29) is 10.8 Å². The summed E-state index contributed by atoms with van der Waals surface area (Å²) in [5.74, 6) is 9.19. The van der Waals surface area contributed by atoms with Crippen LogP contribution in [0.3, 0.4) is 0 Å². The molecule has 8 fully saturated rings. The first-order chi connectivity index (χ1) is 22.6. The molecule has 0 spiro atoms. The highest BCUT2D eigenvalue weighted by Crippen LogP contribution is 2.66. The first-order valence-electron chi connectivity index (χ1n) is 18.3. The number of benzene rings is 2. The van der Waals surface area contributed by atoms with Crippen molar-refractivity contribution in [3.05, 3.63) is 59.4 Å². The molecule has 0 radical (unpaired) electrons. The molecule has 0 N–H and O–H groups in total. The molecule has 244 valence electrons. The van der Waals surface area contributed by atoms with Gasteiger partial charge in [0.25, 0.3) is 0 Å². The van der Waals surface area contributed by atoms with Gasteiger partial charge in [-0.1, -0.05) is 12.1 Å². The predicted molar refractivity (Wildman–Crippen MR) is 175 cm³/mol. The third-order valence-electron chi connectivity index (χ3n) is 13.3. The molecule has 2 aromatic carbocycles.